The van der Waals surface area contributed by atoms with Gasteiger partial charge in [0.15, 0.2) is 11.8 Å². The smallest absolute Gasteiger partial charge is 0.261 e. The van der Waals surface area contributed by atoms with Gasteiger partial charge in [-0.25, -0.2) is 9.97 Å². The van der Waals surface area contributed by atoms with Gasteiger partial charge in [-0.05, 0) is 23.8 Å². The third kappa shape index (κ3) is 2.28. The molecule has 0 aliphatic carbocycles. The van der Waals surface area contributed by atoms with Gasteiger partial charge in [-0.3, -0.25) is 4.79 Å². The number of pyridine rings is 1. The van der Waals surface area contributed by atoms with Gasteiger partial charge in [0.1, 0.15) is 11.6 Å². The Morgan fingerprint density at radius 3 is 3.09 bits per heavy atom. The van der Waals surface area contributed by atoms with Crippen LogP contribution in [0.15, 0.2) is 42.6 Å². The van der Waals surface area contributed by atoms with Crippen LogP contribution in [0.3, 0.4) is 0 Å². The number of nitrogens with one attached hydrogen (secondary N) is 2. The molecule has 22 heavy (non-hydrogen) atoms. The Morgan fingerprint density at radius 1 is 1.32 bits per heavy atom. The van der Waals surface area contributed by atoms with Crippen LogP contribution in [-0.2, 0) is 17.8 Å². The molecule has 6 nitrogen and oxygen atoms in total. The van der Waals surface area contributed by atoms with Crippen LogP contribution < -0.4 is 10.1 Å². The molecule has 0 saturated carbocycles. The number of imidazole rings is 1. The highest BCUT2D eigenvalue weighted by molar-refractivity contribution is 5.82. The fraction of sp³-hybridized carbons (Fsp3) is 0.188. The van der Waals surface area contributed by atoms with E-state index in [2.05, 4.69) is 20.3 Å². The van der Waals surface area contributed by atoms with Gasteiger partial charge >= 0.3 is 0 Å². The van der Waals surface area contributed by atoms with Gasteiger partial charge in [0.2, 0.25) is 0 Å². The molecule has 2 aromatic heterocycles. The highest BCUT2D eigenvalue weighted by Crippen LogP contribution is 2.28. The normalized spacial score (nSPS) is 16.3. The first-order valence-electron chi connectivity index (χ1n) is 7.11. The zero-order valence-electron chi connectivity index (χ0n) is 11.7. The standard InChI is InChI=1S/C16H14N4O2/c21-16(13-8-10-4-1-2-6-12(10)22-13)18-9-14-19-11-5-3-7-17-15(11)20-14/h1-7,13H,8-9H2,(H,18,21)(H,17,19,20)/t13-/m0/s1. The average Bonchev–Trinajstić information content (AvgIpc) is 3.15. The van der Waals surface area contributed by atoms with E-state index in [0.717, 1.165) is 16.8 Å². The van der Waals surface area contributed by atoms with Gasteiger partial charge < -0.3 is 15.0 Å². The highest BCUT2D eigenvalue weighted by Gasteiger charge is 2.28. The molecule has 1 amide bonds. The monoisotopic (exact) mass is 294 g/mol. The Kier molecular flexibility index (Phi) is 3.00. The fourth-order valence-electron chi connectivity index (χ4n) is 2.59. The molecule has 0 unspecified atom stereocenters. The highest BCUT2D eigenvalue weighted by atomic mass is 16.5. The third-order valence-electron chi connectivity index (χ3n) is 3.68. The second-order valence-corrected chi connectivity index (χ2v) is 5.19. The molecule has 0 radical (unpaired) electrons. The Labute approximate surface area is 126 Å². The zero-order chi connectivity index (χ0) is 14.9. The van der Waals surface area contributed by atoms with E-state index in [-0.39, 0.29) is 5.91 Å². The molecule has 110 valence electrons. The van der Waals surface area contributed by atoms with E-state index in [1.54, 1.807) is 6.20 Å². The van der Waals surface area contributed by atoms with Crippen LogP contribution in [0.4, 0.5) is 0 Å². The van der Waals surface area contributed by atoms with Gasteiger partial charge in [-0.15, -0.1) is 0 Å². The molecule has 0 bridgehead atoms. The number of amides is 1. The fourth-order valence-corrected chi connectivity index (χ4v) is 2.59. The summed E-state index contributed by atoms with van der Waals surface area (Å²) in [5, 5.41) is 2.85. The maximum absolute atomic E-state index is 12.2. The van der Waals surface area contributed by atoms with Crippen LogP contribution in [0.5, 0.6) is 5.75 Å². The molecular weight excluding hydrogens is 280 g/mol. The summed E-state index contributed by atoms with van der Waals surface area (Å²) in [5.74, 6) is 1.33. The summed E-state index contributed by atoms with van der Waals surface area (Å²) in [4.78, 5) is 23.8. The van der Waals surface area contributed by atoms with E-state index in [0.29, 0.717) is 24.4 Å². The van der Waals surface area contributed by atoms with Crippen LogP contribution in [0, 0.1) is 0 Å². The summed E-state index contributed by atoms with van der Waals surface area (Å²) in [6, 6.07) is 11.5. The van der Waals surface area contributed by atoms with Crippen molar-refractivity contribution in [3.63, 3.8) is 0 Å². The van der Waals surface area contributed by atoms with E-state index in [1.807, 2.05) is 36.4 Å². The lowest BCUT2D eigenvalue weighted by molar-refractivity contribution is -0.127. The molecule has 1 atom stereocenters. The van der Waals surface area contributed by atoms with E-state index in [4.69, 9.17) is 4.74 Å². The molecule has 2 N–H and O–H groups in total. The van der Waals surface area contributed by atoms with Crippen LogP contribution in [0.25, 0.3) is 11.2 Å². The summed E-state index contributed by atoms with van der Waals surface area (Å²) in [6.07, 6.45) is 1.82. The van der Waals surface area contributed by atoms with E-state index in [9.17, 15) is 4.79 Å². The number of rotatable bonds is 3. The van der Waals surface area contributed by atoms with Crippen molar-refractivity contribution in [3.05, 3.63) is 54.0 Å². The Hall–Kier alpha value is -2.89. The Bertz CT molecular complexity index is 785. The van der Waals surface area contributed by atoms with Crippen LogP contribution in [0.2, 0.25) is 0 Å². The van der Waals surface area contributed by atoms with Gasteiger partial charge in [0.05, 0.1) is 12.1 Å². The maximum atomic E-state index is 12.2. The molecule has 3 aromatic rings. The number of benzene rings is 1. The molecule has 0 spiro atoms. The number of aromatic amines is 1. The number of carbonyl (C=O) groups excluding carboxylic acids is 1. The lowest BCUT2D eigenvalue weighted by Gasteiger charge is -2.10. The lowest BCUT2D eigenvalue weighted by atomic mass is 10.1. The molecule has 1 aliphatic rings. The van der Waals surface area contributed by atoms with E-state index in [1.165, 1.54) is 0 Å². The molecular formula is C16H14N4O2. The summed E-state index contributed by atoms with van der Waals surface area (Å²) >= 11 is 0. The van der Waals surface area contributed by atoms with Crippen LogP contribution >= 0.6 is 0 Å². The van der Waals surface area contributed by atoms with Crippen molar-refractivity contribution >= 4 is 17.1 Å². The second kappa shape index (κ2) is 5.14. The van der Waals surface area contributed by atoms with Crippen molar-refractivity contribution in [2.75, 3.05) is 0 Å². The van der Waals surface area contributed by atoms with Crippen molar-refractivity contribution < 1.29 is 9.53 Å². The minimum atomic E-state index is -0.472. The molecule has 3 heterocycles. The maximum Gasteiger partial charge on any atom is 0.261 e. The summed E-state index contributed by atoms with van der Waals surface area (Å²) in [5.41, 5.74) is 2.57. The van der Waals surface area contributed by atoms with Gasteiger partial charge in [0, 0.05) is 12.6 Å². The summed E-state index contributed by atoms with van der Waals surface area (Å²) in [7, 11) is 0. The third-order valence-corrected chi connectivity index (χ3v) is 3.68. The van der Waals surface area contributed by atoms with E-state index >= 15 is 0 Å². The quantitative estimate of drug-likeness (QED) is 0.768. The zero-order valence-corrected chi connectivity index (χ0v) is 11.7. The minimum Gasteiger partial charge on any atom is -0.480 e. The predicted molar refractivity (Wildman–Crippen MR) is 80.3 cm³/mol. The summed E-state index contributed by atoms with van der Waals surface area (Å²) < 4.78 is 5.66. The van der Waals surface area contributed by atoms with Gasteiger partial charge in [-0.2, -0.15) is 0 Å². The van der Waals surface area contributed by atoms with Crippen molar-refractivity contribution in [2.45, 2.75) is 19.1 Å². The van der Waals surface area contributed by atoms with Crippen molar-refractivity contribution in [3.8, 4) is 5.75 Å². The number of para-hydroxylation sites is 1. The molecule has 0 saturated heterocycles. The van der Waals surface area contributed by atoms with Crippen LogP contribution in [0.1, 0.15) is 11.4 Å². The molecule has 1 aliphatic heterocycles. The first kappa shape index (κ1) is 12.8. The summed E-state index contributed by atoms with van der Waals surface area (Å²) in [6.45, 7) is 0.325. The van der Waals surface area contributed by atoms with Gasteiger partial charge in [-0.1, -0.05) is 18.2 Å². The number of nitrogens with zero attached hydrogens (tertiary/aromatic N) is 2. The number of fused-ring (bicyclic) bond motifs is 2. The molecule has 6 heteroatoms. The van der Waals surface area contributed by atoms with Crippen molar-refractivity contribution in [2.24, 2.45) is 0 Å². The molecule has 1 aromatic carbocycles. The number of aromatic nitrogens is 3. The average molecular weight is 294 g/mol. The van der Waals surface area contributed by atoms with Crippen molar-refractivity contribution in [1.82, 2.24) is 20.3 Å². The molecule has 4 rings (SSSR count). The number of ether oxygens (including phenoxy) is 1. The Balaban J connectivity index is 1.41. The minimum absolute atomic E-state index is 0.135. The van der Waals surface area contributed by atoms with E-state index < -0.39 is 6.10 Å². The van der Waals surface area contributed by atoms with Gasteiger partial charge in [0.25, 0.3) is 5.91 Å². The first-order valence-corrected chi connectivity index (χ1v) is 7.11. The van der Waals surface area contributed by atoms with Crippen LogP contribution in [-0.4, -0.2) is 27.0 Å². The van der Waals surface area contributed by atoms with Crippen molar-refractivity contribution in [1.29, 1.82) is 0 Å². The SMILES string of the molecule is O=C(NCc1nc2ncccc2[nH]1)[C@@H]1Cc2ccccc2O1. The lowest BCUT2D eigenvalue weighted by Crippen LogP contribution is -2.37. The largest absolute Gasteiger partial charge is 0.480 e. The number of hydrogen-bond acceptors (Lipinski definition) is 4. The topological polar surface area (TPSA) is 79.9 Å². The molecule has 0 fully saturated rings. The number of hydrogen-bond donors (Lipinski definition) is 2. The predicted octanol–water partition coefficient (Wildman–Crippen LogP) is 1.58. The first-order chi connectivity index (χ1) is 10.8. The number of carbonyl (C=O) groups is 1. The number of H-pyrrole nitrogens is 1. The second-order valence-electron chi connectivity index (χ2n) is 5.19. The Morgan fingerprint density at radius 2 is 2.23 bits per heavy atom.